The number of ether oxygens (including phenoxy) is 3. The molecule has 0 atom stereocenters. The van der Waals surface area contributed by atoms with Crippen LogP contribution in [0.15, 0.2) is 75.8 Å². The average molecular weight is 533 g/mol. The summed E-state index contributed by atoms with van der Waals surface area (Å²) in [5.74, 6) is 0.520. The average Bonchev–Trinajstić information content (AvgIpc) is 3.13. The molecule has 4 rings (SSSR count). The standard InChI is InChI=1S/C24H16BrCl2NO4/c1-30-21-12-15(10-19(27)22(21)31-13-14-3-2-4-18(26)9-14)11-20-24(29)32-23(28-20)16-5-7-17(25)8-6-16/h2-12H,13H2,1H3/b20-11-. The first-order chi connectivity index (χ1) is 15.4. The lowest BCUT2D eigenvalue weighted by molar-refractivity contribution is -0.129. The molecule has 3 aromatic carbocycles. The SMILES string of the molecule is COc1cc(/C=C2\N=C(c3ccc(Br)cc3)OC2=O)cc(Cl)c1OCc1cccc(Cl)c1. The molecule has 32 heavy (non-hydrogen) atoms. The summed E-state index contributed by atoms with van der Waals surface area (Å²) in [6.07, 6.45) is 1.59. The lowest BCUT2D eigenvalue weighted by atomic mass is 10.1. The maximum atomic E-state index is 12.3. The van der Waals surface area contributed by atoms with E-state index in [0.29, 0.717) is 32.7 Å². The van der Waals surface area contributed by atoms with Crippen LogP contribution in [0, 0.1) is 0 Å². The lowest BCUT2D eigenvalue weighted by Gasteiger charge is -2.13. The van der Waals surface area contributed by atoms with Gasteiger partial charge in [0.15, 0.2) is 17.2 Å². The summed E-state index contributed by atoms with van der Waals surface area (Å²) < 4.78 is 17.5. The van der Waals surface area contributed by atoms with Crippen molar-refractivity contribution < 1.29 is 19.0 Å². The van der Waals surface area contributed by atoms with E-state index >= 15 is 0 Å². The van der Waals surface area contributed by atoms with Crippen molar-refractivity contribution in [3.63, 3.8) is 0 Å². The van der Waals surface area contributed by atoms with Gasteiger partial charge in [-0.1, -0.05) is 51.3 Å². The maximum absolute atomic E-state index is 12.3. The molecular weight excluding hydrogens is 517 g/mol. The van der Waals surface area contributed by atoms with Crippen LogP contribution in [0.4, 0.5) is 0 Å². The number of carbonyl (C=O) groups excluding carboxylic acids is 1. The van der Waals surface area contributed by atoms with Crippen molar-refractivity contribution in [1.29, 1.82) is 0 Å². The van der Waals surface area contributed by atoms with Crippen molar-refractivity contribution in [2.45, 2.75) is 6.61 Å². The largest absolute Gasteiger partial charge is 0.493 e. The van der Waals surface area contributed by atoms with E-state index in [1.807, 2.05) is 42.5 Å². The third kappa shape index (κ3) is 5.15. The Kier molecular flexibility index (Phi) is 6.84. The highest BCUT2D eigenvalue weighted by molar-refractivity contribution is 9.10. The summed E-state index contributed by atoms with van der Waals surface area (Å²) in [5, 5.41) is 0.958. The van der Waals surface area contributed by atoms with Gasteiger partial charge in [0.2, 0.25) is 5.90 Å². The van der Waals surface area contributed by atoms with E-state index in [-0.39, 0.29) is 18.2 Å². The van der Waals surface area contributed by atoms with E-state index in [9.17, 15) is 4.79 Å². The van der Waals surface area contributed by atoms with Gasteiger partial charge < -0.3 is 14.2 Å². The van der Waals surface area contributed by atoms with Gasteiger partial charge in [0, 0.05) is 15.1 Å². The molecule has 5 nitrogen and oxygen atoms in total. The molecule has 1 heterocycles. The van der Waals surface area contributed by atoms with Crippen LogP contribution in [0.1, 0.15) is 16.7 Å². The molecule has 162 valence electrons. The number of rotatable bonds is 6. The summed E-state index contributed by atoms with van der Waals surface area (Å²) >= 11 is 15.9. The van der Waals surface area contributed by atoms with E-state index in [2.05, 4.69) is 20.9 Å². The number of esters is 1. The number of carbonyl (C=O) groups is 1. The normalized spacial score (nSPS) is 14.3. The monoisotopic (exact) mass is 531 g/mol. The zero-order chi connectivity index (χ0) is 22.7. The van der Waals surface area contributed by atoms with Crippen LogP contribution in [0.5, 0.6) is 11.5 Å². The first-order valence-corrected chi connectivity index (χ1v) is 11.0. The molecule has 1 aliphatic heterocycles. The molecule has 0 aliphatic carbocycles. The molecule has 0 radical (unpaired) electrons. The first kappa shape index (κ1) is 22.4. The molecular formula is C24H16BrCl2NO4. The van der Waals surface area contributed by atoms with Crippen LogP contribution in [-0.4, -0.2) is 19.0 Å². The molecule has 0 bridgehead atoms. The Balaban J connectivity index is 1.59. The van der Waals surface area contributed by atoms with Crippen LogP contribution < -0.4 is 9.47 Å². The Bertz CT molecular complexity index is 1240. The predicted molar refractivity (Wildman–Crippen MR) is 129 cm³/mol. The van der Waals surface area contributed by atoms with Gasteiger partial charge in [-0.15, -0.1) is 0 Å². The highest BCUT2D eigenvalue weighted by Crippen LogP contribution is 2.38. The Hall–Kier alpha value is -2.80. The van der Waals surface area contributed by atoms with Gasteiger partial charge in [-0.05, 0) is 65.7 Å². The number of halogens is 3. The highest BCUT2D eigenvalue weighted by atomic mass is 79.9. The molecule has 0 amide bonds. The van der Waals surface area contributed by atoms with Crippen molar-refractivity contribution in [3.8, 4) is 11.5 Å². The third-order valence-corrected chi connectivity index (χ3v) is 5.58. The summed E-state index contributed by atoms with van der Waals surface area (Å²) in [6, 6.07) is 18.1. The molecule has 0 saturated carbocycles. The van der Waals surface area contributed by atoms with Gasteiger partial charge in [0.1, 0.15) is 6.61 Å². The van der Waals surface area contributed by atoms with Crippen LogP contribution in [0.25, 0.3) is 6.08 Å². The Morgan fingerprint density at radius 3 is 2.59 bits per heavy atom. The van der Waals surface area contributed by atoms with E-state index in [1.54, 1.807) is 24.3 Å². The fourth-order valence-electron chi connectivity index (χ4n) is 3.03. The first-order valence-electron chi connectivity index (χ1n) is 9.46. The van der Waals surface area contributed by atoms with E-state index in [0.717, 1.165) is 10.0 Å². The molecule has 8 heteroatoms. The minimum Gasteiger partial charge on any atom is -0.493 e. The van der Waals surface area contributed by atoms with Crippen LogP contribution in [-0.2, 0) is 16.1 Å². The van der Waals surface area contributed by atoms with Gasteiger partial charge in [0.25, 0.3) is 0 Å². The molecule has 0 aromatic heterocycles. The van der Waals surface area contributed by atoms with Gasteiger partial charge in [-0.3, -0.25) is 0 Å². The number of aliphatic imine (C=N–C) groups is 1. The predicted octanol–water partition coefficient (Wildman–Crippen LogP) is 6.69. The van der Waals surface area contributed by atoms with Crippen molar-refractivity contribution in [2.75, 3.05) is 7.11 Å². The summed E-state index contributed by atoms with van der Waals surface area (Å²) in [6.45, 7) is 0.268. The molecule has 0 saturated heterocycles. The summed E-state index contributed by atoms with van der Waals surface area (Å²) in [5.41, 5.74) is 2.37. The fraction of sp³-hybridized carbons (Fsp3) is 0.0833. The van der Waals surface area contributed by atoms with Crippen molar-refractivity contribution in [1.82, 2.24) is 0 Å². The quantitative estimate of drug-likeness (QED) is 0.262. The molecule has 0 fully saturated rings. The van der Waals surface area contributed by atoms with Gasteiger partial charge >= 0.3 is 5.97 Å². The van der Waals surface area contributed by atoms with Gasteiger partial charge in [-0.2, -0.15) is 0 Å². The Morgan fingerprint density at radius 1 is 1.09 bits per heavy atom. The Morgan fingerprint density at radius 2 is 1.88 bits per heavy atom. The topological polar surface area (TPSA) is 57.1 Å². The minimum atomic E-state index is -0.542. The number of hydrogen-bond acceptors (Lipinski definition) is 5. The third-order valence-electron chi connectivity index (χ3n) is 4.54. The summed E-state index contributed by atoms with van der Waals surface area (Å²) in [7, 11) is 1.52. The summed E-state index contributed by atoms with van der Waals surface area (Å²) in [4.78, 5) is 16.6. The minimum absolute atomic E-state index is 0.161. The van der Waals surface area contributed by atoms with Gasteiger partial charge in [0.05, 0.1) is 12.1 Å². The maximum Gasteiger partial charge on any atom is 0.363 e. The van der Waals surface area contributed by atoms with Crippen LogP contribution >= 0.6 is 39.1 Å². The second-order valence-corrected chi connectivity index (χ2v) is 8.55. The highest BCUT2D eigenvalue weighted by Gasteiger charge is 2.24. The van der Waals surface area contributed by atoms with Gasteiger partial charge in [-0.25, -0.2) is 9.79 Å². The number of benzene rings is 3. The zero-order valence-electron chi connectivity index (χ0n) is 16.8. The van der Waals surface area contributed by atoms with E-state index in [1.165, 1.54) is 7.11 Å². The smallest absolute Gasteiger partial charge is 0.363 e. The van der Waals surface area contributed by atoms with Crippen LogP contribution in [0.2, 0.25) is 10.0 Å². The van der Waals surface area contributed by atoms with Crippen molar-refractivity contribution in [2.24, 2.45) is 4.99 Å². The zero-order valence-corrected chi connectivity index (χ0v) is 19.9. The molecule has 0 unspecified atom stereocenters. The molecule has 0 spiro atoms. The van der Waals surface area contributed by atoms with E-state index < -0.39 is 5.97 Å². The molecule has 0 N–H and O–H groups in total. The molecule has 3 aromatic rings. The second kappa shape index (κ2) is 9.77. The lowest BCUT2D eigenvalue weighted by Crippen LogP contribution is -2.05. The van der Waals surface area contributed by atoms with E-state index in [4.69, 9.17) is 37.4 Å². The second-order valence-electron chi connectivity index (χ2n) is 6.80. The number of methoxy groups -OCH3 is 1. The Labute approximate surface area is 203 Å². The van der Waals surface area contributed by atoms with Crippen LogP contribution in [0.3, 0.4) is 0 Å². The number of hydrogen-bond donors (Lipinski definition) is 0. The molecule has 1 aliphatic rings. The number of cyclic esters (lactones) is 1. The number of nitrogens with zero attached hydrogens (tertiary/aromatic N) is 1. The fourth-order valence-corrected chi connectivity index (χ4v) is 3.78. The van der Waals surface area contributed by atoms with Crippen molar-refractivity contribution in [3.05, 3.63) is 97.6 Å². The van der Waals surface area contributed by atoms with Crippen molar-refractivity contribution >= 4 is 57.1 Å².